The van der Waals surface area contributed by atoms with Crippen LogP contribution in [0, 0.1) is 5.92 Å². The summed E-state index contributed by atoms with van der Waals surface area (Å²) in [6.45, 7) is 10.6. The number of hydrogen-bond donors (Lipinski definition) is 1. The van der Waals surface area contributed by atoms with Gasteiger partial charge in [-0.2, -0.15) is 0 Å². The molecule has 1 aliphatic rings. The van der Waals surface area contributed by atoms with Gasteiger partial charge in [-0.25, -0.2) is 4.79 Å². The van der Waals surface area contributed by atoms with Crippen molar-refractivity contribution in [2.24, 2.45) is 5.92 Å². The quantitative estimate of drug-likeness (QED) is 0.766. The zero-order valence-corrected chi connectivity index (χ0v) is 14.7. The molecule has 1 aromatic rings. The van der Waals surface area contributed by atoms with Crippen LogP contribution in [0.25, 0.3) is 0 Å². The average Bonchev–Trinajstić information content (AvgIpc) is 3.00. The highest BCUT2D eigenvalue weighted by molar-refractivity contribution is 5.86. The maximum Gasteiger partial charge on any atom is 0.373 e. The summed E-state index contributed by atoms with van der Waals surface area (Å²) in [4.78, 5) is 16.3. The van der Waals surface area contributed by atoms with Crippen LogP contribution in [0.3, 0.4) is 0 Å². The second-order valence-electron chi connectivity index (χ2n) is 6.54. The van der Waals surface area contributed by atoms with E-state index in [0.717, 1.165) is 38.5 Å². The van der Waals surface area contributed by atoms with Crippen LogP contribution in [0.15, 0.2) is 16.5 Å². The topological polar surface area (TPSA) is 58.0 Å². The fourth-order valence-electron chi connectivity index (χ4n) is 2.97. The Morgan fingerprint density at radius 3 is 2.61 bits per heavy atom. The number of piperazine rings is 1. The molecule has 1 saturated heterocycles. The first-order valence-corrected chi connectivity index (χ1v) is 8.31. The molecule has 6 nitrogen and oxygen atoms in total. The molecular weight excluding hydrogens is 294 g/mol. The first kappa shape index (κ1) is 18.0. The third-order valence-corrected chi connectivity index (χ3v) is 4.48. The van der Waals surface area contributed by atoms with Crippen LogP contribution in [0.5, 0.6) is 0 Å². The van der Waals surface area contributed by atoms with Crippen molar-refractivity contribution < 1.29 is 13.9 Å². The summed E-state index contributed by atoms with van der Waals surface area (Å²) in [5, 5.41) is 3.46. The number of methoxy groups -OCH3 is 1. The standard InChI is InChI=1S/C17H29N3O3/c1-13(2)15(20-9-7-19(3)8-10-20)12-18-11-14-5-6-16(23-14)17(21)22-4/h5-6,13,15,18H,7-12H2,1-4H3. The fraction of sp³-hybridized carbons (Fsp3) is 0.706. The van der Waals surface area contributed by atoms with E-state index in [1.807, 2.05) is 6.07 Å². The Labute approximate surface area is 138 Å². The number of nitrogens with zero attached hydrogens (tertiary/aromatic N) is 2. The lowest BCUT2D eigenvalue weighted by Crippen LogP contribution is -2.53. The summed E-state index contributed by atoms with van der Waals surface area (Å²) < 4.78 is 10.1. The lowest BCUT2D eigenvalue weighted by atomic mass is 10.0. The van der Waals surface area contributed by atoms with Crippen molar-refractivity contribution in [3.05, 3.63) is 23.7 Å². The molecule has 2 heterocycles. The smallest absolute Gasteiger partial charge is 0.373 e. The number of carbonyl (C=O) groups is 1. The van der Waals surface area contributed by atoms with Crippen molar-refractivity contribution >= 4 is 5.97 Å². The number of rotatable bonds is 7. The van der Waals surface area contributed by atoms with Gasteiger partial charge >= 0.3 is 5.97 Å². The van der Waals surface area contributed by atoms with Crippen LogP contribution in [0.2, 0.25) is 0 Å². The van der Waals surface area contributed by atoms with Crippen molar-refractivity contribution in [3.8, 4) is 0 Å². The van der Waals surface area contributed by atoms with Gasteiger partial charge in [0.2, 0.25) is 5.76 Å². The maximum atomic E-state index is 11.4. The Morgan fingerprint density at radius 2 is 2.00 bits per heavy atom. The second kappa shape index (κ2) is 8.47. The van der Waals surface area contributed by atoms with Crippen molar-refractivity contribution in [3.63, 3.8) is 0 Å². The first-order chi connectivity index (χ1) is 11.0. The lowest BCUT2D eigenvalue weighted by molar-refractivity contribution is 0.0562. The summed E-state index contributed by atoms with van der Waals surface area (Å²) in [6, 6.07) is 3.99. The molecule has 2 rings (SSSR count). The van der Waals surface area contributed by atoms with Gasteiger partial charge in [-0.15, -0.1) is 0 Å². The van der Waals surface area contributed by atoms with Gasteiger partial charge in [-0.1, -0.05) is 13.8 Å². The molecule has 0 aliphatic carbocycles. The molecular formula is C17H29N3O3. The molecule has 6 heteroatoms. The summed E-state index contributed by atoms with van der Waals surface area (Å²) in [7, 11) is 3.53. The lowest BCUT2D eigenvalue weighted by Gasteiger charge is -2.40. The number of likely N-dealkylation sites (N-methyl/N-ethyl adjacent to an activating group) is 1. The molecule has 0 aromatic carbocycles. The van der Waals surface area contributed by atoms with Gasteiger partial charge < -0.3 is 19.4 Å². The molecule has 130 valence electrons. The Hall–Kier alpha value is -1.37. The van der Waals surface area contributed by atoms with E-state index in [0.29, 0.717) is 18.5 Å². The zero-order chi connectivity index (χ0) is 16.8. The van der Waals surface area contributed by atoms with Crippen LogP contribution in [0.1, 0.15) is 30.2 Å². The van der Waals surface area contributed by atoms with Crippen LogP contribution in [-0.4, -0.2) is 68.7 Å². The normalized spacial score (nSPS) is 18.3. The summed E-state index contributed by atoms with van der Waals surface area (Å²) in [5.41, 5.74) is 0. The predicted molar refractivity (Wildman–Crippen MR) is 89.5 cm³/mol. The van der Waals surface area contributed by atoms with Gasteiger partial charge in [0.15, 0.2) is 0 Å². The molecule has 1 unspecified atom stereocenters. The predicted octanol–water partition coefficient (Wildman–Crippen LogP) is 1.43. The minimum Gasteiger partial charge on any atom is -0.463 e. The van der Waals surface area contributed by atoms with E-state index in [1.165, 1.54) is 7.11 Å². The van der Waals surface area contributed by atoms with E-state index in [4.69, 9.17) is 4.42 Å². The SMILES string of the molecule is COC(=O)c1ccc(CNCC(C(C)C)N2CCN(C)CC2)o1. The Bertz CT molecular complexity index is 493. The van der Waals surface area contributed by atoms with E-state index in [9.17, 15) is 4.79 Å². The van der Waals surface area contributed by atoms with Crippen LogP contribution in [-0.2, 0) is 11.3 Å². The maximum absolute atomic E-state index is 11.4. The zero-order valence-electron chi connectivity index (χ0n) is 14.7. The van der Waals surface area contributed by atoms with Gasteiger partial charge in [0.05, 0.1) is 13.7 Å². The van der Waals surface area contributed by atoms with E-state index in [2.05, 4.69) is 40.7 Å². The number of carbonyl (C=O) groups excluding carboxylic acids is 1. The number of hydrogen-bond acceptors (Lipinski definition) is 6. The van der Waals surface area contributed by atoms with E-state index < -0.39 is 5.97 Å². The molecule has 23 heavy (non-hydrogen) atoms. The molecule has 0 amide bonds. The molecule has 0 bridgehead atoms. The Morgan fingerprint density at radius 1 is 1.30 bits per heavy atom. The first-order valence-electron chi connectivity index (χ1n) is 8.31. The van der Waals surface area contributed by atoms with Crippen molar-refractivity contribution in [2.75, 3.05) is 46.9 Å². The molecule has 1 N–H and O–H groups in total. The molecule has 0 spiro atoms. The van der Waals surface area contributed by atoms with Crippen LogP contribution < -0.4 is 5.32 Å². The molecule has 1 atom stereocenters. The van der Waals surface area contributed by atoms with E-state index in [-0.39, 0.29) is 5.76 Å². The molecule has 1 fully saturated rings. The highest BCUT2D eigenvalue weighted by Crippen LogP contribution is 2.14. The molecule has 0 saturated carbocycles. The van der Waals surface area contributed by atoms with Gasteiger partial charge in [-0.05, 0) is 25.1 Å². The third-order valence-electron chi connectivity index (χ3n) is 4.48. The van der Waals surface area contributed by atoms with Gasteiger partial charge in [-0.3, -0.25) is 4.90 Å². The van der Waals surface area contributed by atoms with Gasteiger partial charge in [0, 0.05) is 38.8 Å². The van der Waals surface area contributed by atoms with E-state index in [1.54, 1.807) is 6.07 Å². The number of esters is 1. The second-order valence-corrected chi connectivity index (χ2v) is 6.54. The Balaban J connectivity index is 1.82. The highest BCUT2D eigenvalue weighted by atomic mass is 16.5. The van der Waals surface area contributed by atoms with Crippen LogP contribution >= 0.6 is 0 Å². The third kappa shape index (κ3) is 5.06. The minimum atomic E-state index is -0.436. The molecule has 0 radical (unpaired) electrons. The number of furan rings is 1. The summed E-state index contributed by atoms with van der Waals surface area (Å²) in [6.07, 6.45) is 0. The summed E-state index contributed by atoms with van der Waals surface area (Å²) >= 11 is 0. The van der Waals surface area contributed by atoms with Gasteiger partial charge in [0.25, 0.3) is 0 Å². The van der Waals surface area contributed by atoms with Crippen molar-refractivity contribution in [2.45, 2.75) is 26.4 Å². The van der Waals surface area contributed by atoms with Crippen molar-refractivity contribution in [1.82, 2.24) is 15.1 Å². The number of ether oxygens (including phenoxy) is 1. The molecule has 1 aliphatic heterocycles. The van der Waals surface area contributed by atoms with Gasteiger partial charge in [0.1, 0.15) is 5.76 Å². The fourth-order valence-corrected chi connectivity index (χ4v) is 2.97. The average molecular weight is 323 g/mol. The number of nitrogens with one attached hydrogen (secondary N) is 1. The molecule has 1 aromatic heterocycles. The van der Waals surface area contributed by atoms with Crippen LogP contribution in [0.4, 0.5) is 0 Å². The summed E-state index contributed by atoms with van der Waals surface area (Å²) in [5.74, 6) is 1.16. The monoisotopic (exact) mass is 323 g/mol. The minimum absolute atomic E-state index is 0.253. The largest absolute Gasteiger partial charge is 0.463 e. The van der Waals surface area contributed by atoms with Crippen molar-refractivity contribution in [1.29, 1.82) is 0 Å². The highest BCUT2D eigenvalue weighted by Gasteiger charge is 2.24. The van der Waals surface area contributed by atoms with E-state index >= 15 is 0 Å². The Kier molecular flexibility index (Phi) is 6.62.